The Kier molecular flexibility index (Phi) is 8.14. The van der Waals surface area contributed by atoms with Crippen molar-refractivity contribution in [2.24, 2.45) is 0 Å². The van der Waals surface area contributed by atoms with E-state index in [1.807, 2.05) is 6.20 Å². The molecule has 0 N–H and O–H groups in total. The Morgan fingerprint density at radius 3 is 1.47 bits per heavy atom. The van der Waals surface area contributed by atoms with Gasteiger partial charge in [0.25, 0.3) is 0 Å². The Bertz CT molecular complexity index is 1920. The van der Waals surface area contributed by atoms with Gasteiger partial charge in [-0.05, 0) is 90.6 Å². The molecule has 0 unspecified atom stereocenters. The number of imidazole rings is 1. The van der Waals surface area contributed by atoms with Gasteiger partial charge in [-0.3, -0.25) is 4.57 Å². The van der Waals surface area contributed by atoms with Crippen molar-refractivity contribution in [3.63, 3.8) is 0 Å². The maximum atomic E-state index is 4.81. The van der Waals surface area contributed by atoms with Gasteiger partial charge in [0.05, 0.1) is 5.69 Å². The summed E-state index contributed by atoms with van der Waals surface area (Å²) >= 11 is 0. The van der Waals surface area contributed by atoms with Crippen molar-refractivity contribution in [3.8, 4) is 28.2 Å². The van der Waals surface area contributed by atoms with Crippen LogP contribution in [-0.4, -0.2) is 16.3 Å². The molecule has 1 aromatic heterocycles. The summed E-state index contributed by atoms with van der Waals surface area (Å²) in [5, 5.41) is 0. The summed E-state index contributed by atoms with van der Waals surface area (Å²) in [6.45, 7) is 20.2. The van der Waals surface area contributed by atoms with Gasteiger partial charge >= 0.3 is 0 Å². The van der Waals surface area contributed by atoms with Crippen LogP contribution in [0.25, 0.3) is 28.2 Å². The third-order valence-electron chi connectivity index (χ3n) is 9.27. The van der Waals surface area contributed by atoms with Crippen molar-refractivity contribution in [1.82, 2.24) is 9.55 Å². The van der Waals surface area contributed by atoms with Crippen LogP contribution < -0.4 is 16.4 Å². The zero-order valence-corrected chi connectivity index (χ0v) is 28.2. The Morgan fingerprint density at radius 1 is 0.489 bits per heavy atom. The number of aromatic nitrogens is 2. The van der Waals surface area contributed by atoms with Crippen LogP contribution in [0.5, 0.6) is 0 Å². The standard InChI is InChI=1S/C42H43BN2/c1-26-19-29(4)39(30(5)20-26)43(40-31(6)21-27(2)22-32(40)7)38-15-13-35(14-16-38)36-11-10-12-37(25-36)42-44-17-18-45(42)41-33(8)23-28(3)24-34(41)9/h10-25H,1-9H3. The average molecular weight is 587 g/mol. The molecule has 5 aromatic carbocycles. The van der Waals surface area contributed by atoms with Crippen molar-refractivity contribution >= 4 is 23.1 Å². The van der Waals surface area contributed by atoms with E-state index in [2.05, 4.69) is 158 Å². The van der Waals surface area contributed by atoms with E-state index in [0.717, 1.165) is 11.4 Å². The highest BCUT2D eigenvalue weighted by Gasteiger charge is 2.28. The molecule has 45 heavy (non-hydrogen) atoms. The lowest BCUT2D eigenvalue weighted by Crippen LogP contribution is -2.55. The van der Waals surface area contributed by atoms with Crippen LogP contribution in [0.15, 0.2) is 97.3 Å². The van der Waals surface area contributed by atoms with Crippen molar-refractivity contribution in [2.75, 3.05) is 0 Å². The highest BCUT2D eigenvalue weighted by molar-refractivity contribution is 6.96. The van der Waals surface area contributed by atoms with E-state index in [9.17, 15) is 0 Å². The molecule has 6 aromatic rings. The Labute approximate surface area is 269 Å². The molecular formula is C42H43BN2. The van der Waals surface area contributed by atoms with Gasteiger partial charge in [0, 0.05) is 18.0 Å². The van der Waals surface area contributed by atoms with Crippen molar-refractivity contribution in [3.05, 3.63) is 147 Å². The molecule has 224 valence electrons. The maximum Gasteiger partial charge on any atom is 0.242 e. The number of benzene rings is 5. The Hall–Kier alpha value is -4.63. The van der Waals surface area contributed by atoms with Crippen LogP contribution in [-0.2, 0) is 0 Å². The minimum Gasteiger partial charge on any atom is -0.299 e. The van der Waals surface area contributed by atoms with Gasteiger partial charge in [-0.25, -0.2) is 4.98 Å². The van der Waals surface area contributed by atoms with Crippen LogP contribution in [0.3, 0.4) is 0 Å². The second-order valence-electron chi connectivity index (χ2n) is 13.1. The van der Waals surface area contributed by atoms with Gasteiger partial charge in [0.2, 0.25) is 6.71 Å². The molecule has 0 bridgehead atoms. The molecule has 1 heterocycles. The van der Waals surface area contributed by atoms with Crippen molar-refractivity contribution < 1.29 is 0 Å². The fourth-order valence-electron chi connectivity index (χ4n) is 7.73. The minimum atomic E-state index is 0.167. The van der Waals surface area contributed by atoms with E-state index in [1.54, 1.807) is 0 Å². The molecule has 2 nitrogen and oxygen atoms in total. The fourth-order valence-corrected chi connectivity index (χ4v) is 7.73. The lowest BCUT2D eigenvalue weighted by atomic mass is 9.34. The number of rotatable bonds is 6. The second-order valence-corrected chi connectivity index (χ2v) is 13.1. The molecule has 0 fully saturated rings. The average Bonchev–Trinajstić information content (AvgIpc) is 3.44. The molecule has 0 radical (unpaired) electrons. The second kappa shape index (κ2) is 12.0. The van der Waals surface area contributed by atoms with E-state index in [4.69, 9.17) is 4.98 Å². The Morgan fingerprint density at radius 2 is 0.956 bits per heavy atom. The van der Waals surface area contributed by atoms with Gasteiger partial charge < -0.3 is 0 Å². The highest BCUT2D eigenvalue weighted by atomic mass is 15.1. The Balaban J connectivity index is 1.42. The summed E-state index contributed by atoms with van der Waals surface area (Å²) < 4.78 is 2.23. The summed E-state index contributed by atoms with van der Waals surface area (Å²) in [6.07, 6.45) is 3.98. The van der Waals surface area contributed by atoms with E-state index >= 15 is 0 Å². The quantitative estimate of drug-likeness (QED) is 0.179. The predicted molar refractivity (Wildman–Crippen MR) is 195 cm³/mol. The first-order valence-electron chi connectivity index (χ1n) is 16.0. The number of nitrogens with zero attached hydrogens (tertiary/aromatic N) is 2. The molecule has 0 saturated carbocycles. The molecule has 0 saturated heterocycles. The van der Waals surface area contributed by atoms with E-state index in [1.165, 1.54) is 83.3 Å². The van der Waals surface area contributed by atoms with Gasteiger partial charge in [0.1, 0.15) is 5.82 Å². The molecule has 0 aliphatic heterocycles. The van der Waals surface area contributed by atoms with Crippen molar-refractivity contribution in [1.29, 1.82) is 0 Å². The van der Waals surface area contributed by atoms with Crippen LogP contribution in [0.2, 0.25) is 0 Å². The largest absolute Gasteiger partial charge is 0.299 e. The predicted octanol–water partition coefficient (Wildman–Crippen LogP) is 8.50. The van der Waals surface area contributed by atoms with Crippen LogP contribution >= 0.6 is 0 Å². The number of hydrogen-bond acceptors (Lipinski definition) is 1. The van der Waals surface area contributed by atoms with Crippen molar-refractivity contribution in [2.45, 2.75) is 62.3 Å². The number of aryl methyl sites for hydroxylation is 9. The van der Waals surface area contributed by atoms with Crippen LogP contribution in [0.4, 0.5) is 0 Å². The molecule has 0 atom stereocenters. The monoisotopic (exact) mass is 586 g/mol. The molecule has 0 spiro atoms. The van der Waals surface area contributed by atoms with Gasteiger partial charge in [0.15, 0.2) is 0 Å². The van der Waals surface area contributed by atoms with Gasteiger partial charge in [-0.15, -0.1) is 0 Å². The third-order valence-corrected chi connectivity index (χ3v) is 9.27. The highest BCUT2D eigenvalue weighted by Crippen LogP contribution is 2.30. The molecule has 0 aliphatic rings. The first-order chi connectivity index (χ1) is 21.5. The molecule has 0 aliphatic carbocycles. The van der Waals surface area contributed by atoms with Crippen LogP contribution in [0.1, 0.15) is 50.1 Å². The topological polar surface area (TPSA) is 17.8 Å². The lowest BCUT2D eigenvalue weighted by molar-refractivity contribution is 1.03. The fraction of sp³-hybridized carbons (Fsp3) is 0.214. The maximum absolute atomic E-state index is 4.81. The zero-order valence-electron chi connectivity index (χ0n) is 28.2. The molecule has 0 amide bonds. The minimum absolute atomic E-state index is 0.167. The lowest BCUT2D eigenvalue weighted by Gasteiger charge is -2.24. The first kappa shape index (κ1) is 30.4. The van der Waals surface area contributed by atoms with Gasteiger partial charge in [-0.2, -0.15) is 0 Å². The normalized spacial score (nSPS) is 11.2. The smallest absolute Gasteiger partial charge is 0.242 e. The number of hydrogen-bond donors (Lipinski definition) is 0. The van der Waals surface area contributed by atoms with Crippen LogP contribution in [0, 0.1) is 62.3 Å². The summed E-state index contributed by atoms with van der Waals surface area (Å²) in [6, 6.07) is 31.9. The summed E-state index contributed by atoms with van der Waals surface area (Å²) in [7, 11) is 0. The van der Waals surface area contributed by atoms with E-state index in [0.29, 0.717) is 0 Å². The van der Waals surface area contributed by atoms with E-state index < -0.39 is 0 Å². The SMILES string of the molecule is Cc1cc(C)c(B(c2ccc(-c3cccc(-c4nccn4-c4c(C)cc(C)cc4C)c3)cc2)c2c(C)cc(C)cc2C)c(C)c1. The van der Waals surface area contributed by atoms with Gasteiger partial charge in [-0.1, -0.05) is 134 Å². The molecule has 6 rings (SSSR count). The summed E-state index contributed by atoms with van der Waals surface area (Å²) in [5.74, 6) is 0.958. The van der Waals surface area contributed by atoms with E-state index in [-0.39, 0.29) is 6.71 Å². The third kappa shape index (κ3) is 5.80. The molecule has 3 heteroatoms. The summed E-state index contributed by atoms with van der Waals surface area (Å²) in [5.41, 5.74) is 20.7. The zero-order chi connectivity index (χ0) is 32.0. The summed E-state index contributed by atoms with van der Waals surface area (Å²) in [4.78, 5) is 4.81. The first-order valence-corrected chi connectivity index (χ1v) is 16.0. The molecular weight excluding hydrogens is 543 g/mol.